The second kappa shape index (κ2) is 5.01. The van der Waals surface area contributed by atoms with Crippen molar-refractivity contribution in [2.24, 2.45) is 0 Å². The van der Waals surface area contributed by atoms with Gasteiger partial charge in [-0.2, -0.15) is 0 Å². The van der Waals surface area contributed by atoms with Crippen molar-refractivity contribution in [3.8, 4) is 0 Å². The van der Waals surface area contributed by atoms with E-state index in [9.17, 15) is 4.79 Å². The normalized spacial score (nSPS) is 15.3. The number of carbonyl (C=O) groups is 1. The van der Waals surface area contributed by atoms with Gasteiger partial charge in [0.1, 0.15) is 6.61 Å². The van der Waals surface area contributed by atoms with Crippen LogP contribution in [0.5, 0.6) is 0 Å². The van der Waals surface area contributed by atoms with Crippen LogP contribution in [-0.2, 0) is 17.9 Å². The molecule has 0 fully saturated rings. The van der Waals surface area contributed by atoms with E-state index in [1.54, 1.807) is 4.90 Å². The Hall–Kier alpha value is -1.51. The van der Waals surface area contributed by atoms with Gasteiger partial charge in [-0.1, -0.05) is 37.6 Å². The zero-order chi connectivity index (χ0) is 11.4. The van der Waals surface area contributed by atoms with Crippen molar-refractivity contribution in [3.05, 3.63) is 35.4 Å². The molecule has 0 N–H and O–H groups in total. The van der Waals surface area contributed by atoms with E-state index in [0.29, 0.717) is 13.2 Å². The van der Waals surface area contributed by atoms with Gasteiger partial charge in [-0.15, -0.1) is 0 Å². The number of unbranched alkanes of at least 4 members (excludes halogenated alkanes) is 1. The molecule has 0 radical (unpaired) electrons. The first-order valence-corrected chi connectivity index (χ1v) is 5.79. The molecule has 3 nitrogen and oxygen atoms in total. The van der Waals surface area contributed by atoms with Gasteiger partial charge in [-0.25, -0.2) is 4.79 Å². The number of cyclic esters (lactones) is 1. The molecule has 0 saturated carbocycles. The van der Waals surface area contributed by atoms with Gasteiger partial charge < -0.3 is 9.64 Å². The van der Waals surface area contributed by atoms with E-state index >= 15 is 0 Å². The Balaban J connectivity index is 2.14. The van der Waals surface area contributed by atoms with Crippen molar-refractivity contribution in [3.63, 3.8) is 0 Å². The average molecular weight is 219 g/mol. The fraction of sp³-hybridized carbons (Fsp3) is 0.462. The van der Waals surface area contributed by atoms with Crippen molar-refractivity contribution in [2.45, 2.75) is 32.9 Å². The van der Waals surface area contributed by atoms with E-state index in [-0.39, 0.29) is 6.09 Å². The number of amides is 1. The van der Waals surface area contributed by atoms with Gasteiger partial charge >= 0.3 is 6.09 Å². The van der Waals surface area contributed by atoms with Crippen molar-refractivity contribution in [1.29, 1.82) is 0 Å². The first-order chi connectivity index (χ1) is 7.81. The highest BCUT2D eigenvalue weighted by atomic mass is 16.6. The SMILES string of the molecule is CCCCN1Cc2ccccc2COC1=O. The van der Waals surface area contributed by atoms with Gasteiger partial charge in [-0.3, -0.25) is 0 Å². The smallest absolute Gasteiger partial charge is 0.410 e. The average Bonchev–Trinajstić information content (AvgIpc) is 2.47. The lowest BCUT2D eigenvalue weighted by Gasteiger charge is -2.18. The van der Waals surface area contributed by atoms with Crippen LogP contribution in [-0.4, -0.2) is 17.5 Å². The Morgan fingerprint density at radius 3 is 2.81 bits per heavy atom. The number of nitrogens with zero attached hydrogens (tertiary/aromatic N) is 1. The van der Waals surface area contributed by atoms with Crippen molar-refractivity contribution in [1.82, 2.24) is 4.90 Å². The monoisotopic (exact) mass is 219 g/mol. The number of ether oxygens (including phenoxy) is 1. The standard InChI is InChI=1S/C13H17NO2/c1-2-3-8-14-9-11-6-4-5-7-12(11)10-16-13(14)15/h4-7H,2-3,8-10H2,1H3. The van der Waals surface area contributed by atoms with Crippen LogP contribution >= 0.6 is 0 Å². The molecule has 0 bridgehead atoms. The van der Waals surface area contributed by atoms with E-state index < -0.39 is 0 Å². The summed E-state index contributed by atoms with van der Waals surface area (Å²) in [6, 6.07) is 8.07. The van der Waals surface area contributed by atoms with Crippen molar-refractivity contribution >= 4 is 6.09 Å². The number of hydrogen-bond acceptors (Lipinski definition) is 2. The quantitative estimate of drug-likeness (QED) is 0.782. The molecule has 2 rings (SSSR count). The first-order valence-electron chi connectivity index (χ1n) is 5.79. The molecule has 0 atom stereocenters. The summed E-state index contributed by atoms with van der Waals surface area (Å²) in [6.07, 6.45) is 1.92. The number of rotatable bonds is 3. The summed E-state index contributed by atoms with van der Waals surface area (Å²) in [5.74, 6) is 0. The lowest BCUT2D eigenvalue weighted by atomic mass is 10.1. The van der Waals surface area contributed by atoms with E-state index in [2.05, 4.69) is 13.0 Å². The molecule has 0 aromatic heterocycles. The molecular formula is C13H17NO2. The van der Waals surface area contributed by atoms with Crippen LogP contribution < -0.4 is 0 Å². The molecule has 0 saturated heterocycles. The summed E-state index contributed by atoms with van der Waals surface area (Å²) in [4.78, 5) is 13.5. The van der Waals surface area contributed by atoms with Gasteiger partial charge in [0.15, 0.2) is 0 Å². The number of fused-ring (bicyclic) bond motifs is 1. The third kappa shape index (κ3) is 2.35. The zero-order valence-corrected chi connectivity index (χ0v) is 9.61. The predicted molar refractivity (Wildman–Crippen MR) is 61.9 cm³/mol. The van der Waals surface area contributed by atoms with Crippen LogP contribution in [0.4, 0.5) is 4.79 Å². The van der Waals surface area contributed by atoms with E-state index in [0.717, 1.165) is 24.9 Å². The van der Waals surface area contributed by atoms with Crippen LogP contribution in [0.25, 0.3) is 0 Å². The van der Waals surface area contributed by atoms with E-state index in [4.69, 9.17) is 4.74 Å². The first kappa shape index (κ1) is 11.0. The molecule has 0 aliphatic carbocycles. The van der Waals surface area contributed by atoms with Crippen LogP contribution in [0.2, 0.25) is 0 Å². The molecule has 3 heteroatoms. The van der Waals surface area contributed by atoms with Crippen LogP contribution in [0.15, 0.2) is 24.3 Å². The van der Waals surface area contributed by atoms with E-state index in [1.165, 1.54) is 5.56 Å². The van der Waals surface area contributed by atoms with Gasteiger partial charge in [0.05, 0.1) is 0 Å². The minimum atomic E-state index is -0.190. The molecule has 1 aromatic rings. The van der Waals surface area contributed by atoms with Crippen LogP contribution in [0.3, 0.4) is 0 Å². The highest BCUT2D eigenvalue weighted by Crippen LogP contribution is 2.18. The highest BCUT2D eigenvalue weighted by Gasteiger charge is 2.20. The molecule has 86 valence electrons. The number of carbonyl (C=O) groups excluding carboxylic acids is 1. The largest absolute Gasteiger partial charge is 0.445 e. The van der Waals surface area contributed by atoms with Gasteiger partial charge in [0, 0.05) is 13.1 Å². The molecule has 0 spiro atoms. The van der Waals surface area contributed by atoms with Crippen molar-refractivity contribution in [2.75, 3.05) is 6.54 Å². The number of hydrogen-bond donors (Lipinski definition) is 0. The van der Waals surface area contributed by atoms with Crippen molar-refractivity contribution < 1.29 is 9.53 Å². The maximum atomic E-state index is 11.7. The molecule has 16 heavy (non-hydrogen) atoms. The molecule has 1 heterocycles. The maximum Gasteiger partial charge on any atom is 0.410 e. The molecule has 1 aliphatic rings. The third-order valence-corrected chi connectivity index (χ3v) is 2.87. The lowest BCUT2D eigenvalue weighted by Crippen LogP contribution is -2.30. The van der Waals surface area contributed by atoms with Gasteiger partial charge in [0.25, 0.3) is 0 Å². The summed E-state index contributed by atoms with van der Waals surface area (Å²) in [5, 5.41) is 0. The third-order valence-electron chi connectivity index (χ3n) is 2.87. The van der Waals surface area contributed by atoms with Crippen LogP contribution in [0, 0.1) is 0 Å². The summed E-state index contributed by atoms with van der Waals surface area (Å²) in [5.41, 5.74) is 2.32. The Bertz CT molecular complexity index is 376. The minimum absolute atomic E-state index is 0.190. The number of benzene rings is 1. The second-order valence-electron chi connectivity index (χ2n) is 4.10. The summed E-state index contributed by atoms with van der Waals surface area (Å²) >= 11 is 0. The van der Waals surface area contributed by atoms with Gasteiger partial charge in [-0.05, 0) is 17.5 Å². The minimum Gasteiger partial charge on any atom is -0.445 e. The molecule has 1 aromatic carbocycles. The molecule has 1 aliphatic heterocycles. The zero-order valence-electron chi connectivity index (χ0n) is 9.61. The second-order valence-corrected chi connectivity index (χ2v) is 4.10. The van der Waals surface area contributed by atoms with E-state index in [1.807, 2.05) is 18.2 Å². The predicted octanol–water partition coefficient (Wildman–Crippen LogP) is 2.94. The maximum absolute atomic E-state index is 11.7. The van der Waals surface area contributed by atoms with Gasteiger partial charge in [0.2, 0.25) is 0 Å². The summed E-state index contributed by atoms with van der Waals surface area (Å²) in [6.45, 7) is 3.98. The summed E-state index contributed by atoms with van der Waals surface area (Å²) in [7, 11) is 0. The fourth-order valence-corrected chi connectivity index (χ4v) is 1.87. The Morgan fingerprint density at radius 2 is 2.06 bits per heavy atom. The Labute approximate surface area is 96.0 Å². The van der Waals surface area contributed by atoms with Crippen LogP contribution in [0.1, 0.15) is 30.9 Å². The fourth-order valence-electron chi connectivity index (χ4n) is 1.87. The Morgan fingerprint density at radius 1 is 1.31 bits per heavy atom. The molecular weight excluding hydrogens is 202 g/mol. The summed E-state index contributed by atoms with van der Waals surface area (Å²) < 4.78 is 5.23. The molecule has 0 unspecified atom stereocenters. The molecule has 1 amide bonds. The topological polar surface area (TPSA) is 29.5 Å². The highest BCUT2D eigenvalue weighted by molar-refractivity contribution is 5.68. The Kier molecular flexibility index (Phi) is 3.44. The lowest BCUT2D eigenvalue weighted by molar-refractivity contribution is 0.1000.